The van der Waals surface area contributed by atoms with Gasteiger partial charge in [0.25, 0.3) is 0 Å². The summed E-state index contributed by atoms with van der Waals surface area (Å²) in [5.41, 5.74) is 0.960. The second kappa shape index (κ2) is 6.35. The lowest BCUT2D eigenvalue weighted by atomic mass is 10.4. The first-order valence-electron chi connectivity index (χ1n) is 5.54. The fraction of sp³-hybridized carbons (Fsp3) is 0.636. The topological polar surface area (TPSA) is 41.0 Å². The lowest BCUT2D eigenvalue weighted by Crippen LogP contribution is -2.32. The van der Waals surface area contributed by atoms with E-state index >= 15 is 0 Å². The van der Waals surface area contributed by atoms with Gasteiger partial charge in [-0.15, -0.1) is 5.10 Å². The molecule has 0 unspecified atom stereocenters. The van der Waals surface area contributed by atoms with E-state index in [4.69, 9.17) is 0 Å². The molecule has 0 aliphatic rings. The second-order valence-corrected chi connectivity index (χ2v) is 3.47. The molecule has 1 rings (SSSR count). The van der Waals surface area contributed by atoms with Crippen molar-refractivity contribution in [3.05, 3.63) is 17.8 Å². The molecule has 1 heterocycles. The Labute approximate surface area is 91.7 Å². The molecule has 0 aliphatic carbocycles. The minimum Gasteiger partial charge on any atom is -0.354 e. The molecule has 84 valence electrons. The summed E-state index contributed by atoms with van der Waals surface area (Å²) in [5, 5.41) is 11.5. The smallest absolute Gasteiger partial charge is 0.151 e. The zero-order valence-electron chi connectivity index (χ0n) is 9.82. The fourth-order valence-corrected chi connectivity index (χ4v) is 1.39. The van der Waals surface area contributed by atoms with Crippen molar-refractivity contribution in [3.63, 3.8) is 0 Å². The van der Waals surface area contributed by atoms with Crippen LogP contribution in [0.5, 0.6) is 0 Å². The van der Waals surface area contributed by atoms with E-state index in [1.165, 1.54) is 0 Å². The van der Waals surface area contributed by atoms with Crippen molar-refractivity contribution in [2.45, 2.75) is 20.8 Å². The number of nitrogens with one attached hydrogen (secondary N) is 1. The summed E-state index contributed by atoms with van der Waals surface area (Å²) in [6.07, 6.45) is 0. The third-order valence-corrected chi connectivity index (χ3v) is 2.30. The molecular weight excluding hydrogens is 188 g/mol. The fourth-order valence-electron chi connectivity index (χ4n) is 1.39. The average molecular weight is 208 g/mol. The van der Waals surface area contributed by atoms with E-state index in [-0.39, 0.29) is 0 Å². The van der Waals surface area contributed by atoms with Gasteiger partial charge in [0.1, 0.15) is 0 Å². The minimum atomic E-state index is 0.959. The van der Waals surface area contributed by atoms with E-state index in [0.29, 0.717) is 0 Å². The van der Waals surface area contributed by atoms with E-state index in [9.17, 15) is 0 Å². The van der Waals surface area contributed by atoms with Gasteiger partial charge in [-0.25, -0.2) is 0 Å². The summed E-state index contributed by atoms with van der Waals surface area (Å²) in [6.45, 7) is 10.1. The monoisotopic (exact) mass is 208 g/mol. The summed E-state index contributed by atoms with van der Waals surface area (Å²) >= 11 is 0. The first kappa shape index (κ1) is 11.9. The molecule has 0 bridgehead atoms. The number of hydrogen-bond acceptors (Lipinski definition) is 4. The van der Waals surface area contributed by atoms with Crippen LogP contribution in [0.3, 0.4) is 0 Å². The Hall–Kier alpha value is -1.16. The van der Waals surface area contributed by atoms with Crippen molar-refractivity contribution in [1.29, 1.82) is 0 Å². The van der Waals surface area contributed by atoms with E-state index in [1.807, 2.05) is 19.1 Å². The lowest BCUT2D eigenvalue weighted by Gasteiger charge is -2.21. The highest BCUT2D eigenvalue weighted by Crippen LogP contribution is 2.07. The van der Waals surface area contributed by atoms with Crippen LogP contribution in [0.2, 0.25) is 0 Å². The highest BCUT2D eigenvalue weighted by Gasteiger charge is 2.04. The molecule has 15 heavy (non-hydrogen) atoms. The number of aryl methyl sites for hydroxylation is 1. The quantitative estimate of drug-likeness (QED) is 0.714. The maximum absolute atomic E-state index is 4.18. The molecule has 0 fully saturated rings. The molecule has 0 aromatic carbocycles. The van der Waals surface area contributed by atoms with Crippen molar-refractivity contribution >= 4 is 5.82 Å². The van der Waals surface area contributed by atoms with Gasteiger partial charge in [-0.3, -0.25) is 0 Å². The highest BCUT2D eigenvalue weighted by molar-refractivity contribution is 5.36. The number of hydrogen-bond donors (Lipinski definition) is 1. The van der Waals surface area contributed by atoms with E-state index in [1.54, 1.807) is 0 Å². The Bertz CT molecular complexity index is 270. The van der Waals surface area contributed by atoms with Crippen molar-refractivity contribution < 1.29 is 0 Å². The molecule has 0 saturated carbocycles. The van der Waals surface area contributed by atoms with Gasteiger partial charge in [0.2, 0.25) is 0 Å². The van der Waals surface area contributed by atoms with Gasteiger partial charge in [0.15, 0.2) is 5.82 Å². The molecule has 0 radical (unpaired) electrons. The van der Waals surface area contributed by atoms with Gasteiger partial charge in [0.05, 0.1) is 5.69 Å². The summed E-state index contributed by atoms with van der Waals surface area (Å²) in [4.78, 5) is 2.22. The molecule has 0 atom stereocenters. The molecule has 1 aromatic rings. The van der Waals surface area contributed by atoms with Crippen molar-refractivity contribution in [2.24, 2.45) is 0 Å². The summed E-state index contributed by atoms with van der Waals surface area (Å²) in [6, 6.07) is 4.02. The van der Waals surface area contributed by atoms with Crippen molar-refractivity contribution in [1.82, 2.24) is 15.5 Å². The molecule has 0 aliphatic heterocycles. The standard InChI is InChI=1S/C11H20N4/c1-4-12-8-9-15(5-2)11-7-6-10(3)13-14-11/h6-7,12H,4-5,8-9H2,1-3H3. The number of anilines is 1. The van der Waals surface area contributed by atoms with Gasteiger partial charge in [-0.05, 0) is 32.5 Å². The first-order valence-corrected chi connectivity index (χ1v) is 5.54. The predicted molar refractivity (Wildman–Crippen MR) is 63.2 cm³/mol. The number of nitrogens with zero attached hydrogens (tertiary/aromatic N) is 3. The summed E-state index contributed by atoms with van der Waals surface area (Å²) in [7, 11) is 0. The molecule has 0 saturated heterocycles. The first-order chi connectivity index (χ1) is 7.27. The third kappa shape index (κ3) is 3.83. The Morgan fingerprint density at radius 3 is 2.60 bits per heavy atom. The van der Waals surface area contributed by atoms with Gasteiger partial charge in [-0.1, -0.05) is 6.92 Å². The molecular formula is C11H20N4. The zero-order chi connectivity index (χ0) is 11.1. The van der Waals surface area contributed by atoms with E-state index in [0.717, 1.165) is 37.7 Å². The molecule has 4 nitrogen and oxygen atoms in total. The van der Waals surface area contributed by atoms with E-state index < -0.39 is 0 Å². The van der Waals surface area contributed by atoms with Crippen LogP contribution in [-0.2, 0) is 0 Å². The van der Waals surface area contributed by atoms with Crippen LogP contribution < -0.4 is 10.2 Å². The van der Waals surface area contributed by atoms with Crippen LogP contribution in [0.15, 0.2) is 12.1 Å². The largest absolute Gasteiger partial charge is 0.354 e. The summed E-state index contributed by atoms with van der Waals surface area (Å²) < 4.78 is 0. The number of rotatable bonds is 6. The molecule has 0 spiro atoms. The minimum absolute atomic E-state index is 0.959. The third-order valence-electron chi connectivity index (χ3n) is 2.30. The predicted octanol–water partition coefficient (Wildman–Crippen LogP) is 1.22. The van der Waals surface area contributed by atoms with Crippen LogP contribution in [0.4, 0.5) is 5.82 Å². The Morgan fingerprint density at radius 2 is 2.07 bits per heavy atom. The second-order valence-electron chi connectivity index (χ2n) is 3.47. The van der Waals surface area contributed by atoms with Gasteiger partial charge < -0.3 is 10.2 Å². The lowest BCUT2D eigenvalue weighted by molar-refractivity contribution is 0.680. The Kier molecular flexibility index (Phi) is 5.04. The van der Waals surface area contributed by atoms with Crippen LogP contribution in [0.25, 0.3) is 0 Å². The van der Waals surface area contributed by atoms with Crippen LogP contribution in [0.1, 0.15) is 19.5 Å². The molecule has 1 aromatic heterocycles. The zero-order valence-corrected chi connectivity index (χ0v) is 9.82. The SMILES string of the molecule is CCNCCN(CC)c1ccc(C)nn1. The molecule has 0 amide bonds. The van der Waals surface area contributed by atoms with Crippen molar-refractivity contribution in [2.75, 3.05) is 31.1 Å². The van der Waals surface area contributed by atoms with Gasteiger partial charge in [0, 0.05) is 19.6 Å². The van der Waals surface area contributed by atoms with Crippen LogP contribution in [0, 0.1) is 6.92 Å². The van der Waals surface area contributed by atoms with Gasteiger partial charge in [-0.2, -0.15) is 5.10 Å². The van der Waals surface area contributed by atoms with Crippen molar-refractivity contribution in [3.8, 4) is 0 Å². The summed E-state index contributed by atoms with van der Waals surface area (Å²) in [5.74, 6) is 0.959. The van der Waals surface area contributed by atoms with Gasteiger partial charge >= 0.3 is 0 Å². The Morgan fingerprint density at radius 1 is 1.27 bits per heavy atom. The highest BCUT2D eigenvalue weighted by atomic mass is 15.3. The number of aromatic nitrogens is 2. The maximum atomic E-state index is 4.18. The van der Waals surface area contributed by atoms with Crippen LogP contribution >= 0.6 is 0 Å². The van der Waals surface area contributed by atoms with E-state index in [2.05, 4.69) is 34.3 Å². The molecule has 4 heteroatoms. The maximum Gasteiger partial charge on any atom is 0.151 e. The Balaban J connectivity index is 2.53. The molecule has 1 N–H and O–H groups in total. The normalized spacial score (nSPS) is 10.3. The number of likely N-dealkylation sites (N-methyl/N-ethyl adjacent to an activating group) is 2. The average Bonchev–Trinajstić information content (AvgIpc) is 2.26. The van der Waals surface area contributed by atoms with Crippen LogP contribution in [-0.4, -0.2) is 36.4 Å².